The summed E-state index contributed by atoms with van der Waals surface area (Å²) in [7, 11) is 2.13. The Bertz CT molecular complexity index is 551. The predicted octanol–water partition coefficient (Wildman–Crippen LogP) is 5.80. The molecule has 0 unspecified atom stereocenters. The molecular formula is C19H27F5N2. The lowest BCUT2D eigenvalue weighted by Gasteiger charge is -2.17. The van der Waals surface area contributed by atoms with E-state index >= 15 is 0 Å². The van der Waals surface area contributed by atoms with Crippen LogP contribution in [0.2, 0.25) is 0 Å². The van der Waals surface area contributed by atoms with E-state index in [4.69, 9.17) is 0 Å². The quantitative estimate of drug-likeness (QED) is 0.244. The lowest BCUT2D eigenvalue weighted by molar-refractivity contribution is 0.290. The van der Waals surface area contributed by atoms with Gasteiger partial charge in [-0.3, -0.25) is 0 Å². The number of nitrogens with zero attached hydrogens (tertiary/aromatic N) is 2. The summed E-state index contributed by atoms with van der Waals surface area (Å²) in [6.07, 6.45) is 14.2. The third-order valence-electron chi connectivity index (χ3n) is 4.04. The van der Waals surface area contributed by atoms with Crippen molar-refractivity contribution in [3.05, 3.63) is 47.6 Å². The summed E-state index contributed by atoms with van der Waals surface area (Å²) in [5, 5.41) is 0. The zero-order valence-electron chi connectivity index (χ0n) is 15.4. The van der Waals surface area contributed by atoms with E-state index in [0.29, 0.717) is 0 Å². The first-order chi connectivity index (χ1) is 12.4. The summed E-state index contributed by atoms with van der Waals surface area (Å²) in [5.41, 5.74) is 0. The molecule has 0 fully saturated rings. The van der Waals surface area contributed by atoms with Crippen LogP contribution in [0, 0.1) is 29.1 Å². The maximum Gasteiger partial charge on any atom is 0.200 e. The van der Waals surface area contributed by atoms with Crippen LogP contribution < -0.4 is 0 Å². The van der Waals surface area contributed by atoms with Gasteiger partial charge in [-0.05, 0) is 6.42 Å². The summed E-state index contributed by atoms with van der Waals surface area (Å²) in [4.78, 5) is 4.62. The minimum Gasteiger partial charge on any atom is -0.362 e. The first kappa shape index (κ1) is 22.3. The largest absolute Gasteiger partial charge is 0.362 e. The maximum atomic E-state index is 12.0. The molecule has 1 aliphatic rings. The maximum absolute atomic E-state index is 12.0. The van der Waals surface area contributed by atoms with Crippen molar-refractivity contribution in [1.82, 2.24) is 9.80 Å². The molecular weight excluding hydrogens is 351 g/mol. The molecule has 0 amide bonds. The molecule has 1 heterocycles. The number of unbranched alkanes of at least 4 members (excludes halogenated alkanes) is 6. The summed E-state index contributed by atoms with van der Waals surface area (Å²) in [6, 6.07) is -0.0618. The highest BCUT2D eigenvalue weighted by Gasteiger charge is 2.18. The second-order valence-corrected chi connectivity index (χ2v) is 6.41. The van der Waals surface area contributed by atoms with E-state index in [-0.39, 0.29) is 6.07 Å². The van der Waals surface area contributed by atoms with Crippen molar-refractivity contribution in [3.8, 4) is 0 Å². The normalized spacial score (nSPS) is 13.2. The first-order valence-electron chi connectivity index (χ1n) is 8.97. The van der Waals surface area contributed by atoms with Crippen LogP contribution in [-0.2, 0) is 0 Å². The number of hydrogen-bond acceptors (Lipinski definition) is 2. The summed E-state index contributed by atoms with van der Waals surface area (Å²) >= 11 is 0. The smallest absolute Gasteiger partial charge is 0.200 e. The van der Waals surface area contributed by atoms with Crippen LogP contribution in [0.25, 0.3) is 0 Å². The molecule has 2 nitrogen and oxygen atoms in total. The van der Waals surface area contributed by atoms with Crippen LogP contribution in [0.3, 0.4) is 0 Å². The second kappa shape index (κ2) is 11.8. The van der Waals surface area contributed by atoms with Gasteiger partial charge in [0, 0.05) is 32.1 Å². The van der Waals surface area contributed by atoms with E-state index in [1.54, 1.807) is 0 Å². The molecule has 26 heavy (non-hydrogen) atoms. The Morgan fingerprint density at radius 3 is 1.81 bits per heavy atom. The molecule has 0 N–H and O–H groups in total. The molecule has 7 heteroatoms. The Morgan fingerprint density at radius 1 is 0.769 bits per heavy atom. The van der Waals surface area contributed by atoms with Gasteiger partial charge in [0.05, 0.1) is 6.67 Å². The van der Waals surface area contributed by atoms with Crippen LogP contribution in [0.15, 0.2) is 18.5 Å². The molecule has 1 aromatic carbocycles. The minimum atomic E-state index is -2.14. The third-order valence-corrected chi connectivity index (χ3v) is 4.04. The van der Waals surface area contributed by atoms with Gasteiger partial charge in [0.25, 0.3) is 0 Å². The molecule has 0 bridgehead atoms. The minimum absolute atomic E-state index is 0.0618. The number of halogens is 5. The van der Waals surface area contributed by atoms with Crippen LogP contribution in [0.1, 0.15) is 51.9 Å². The van der Waals surface area contributed by atoms with E-state index in [2.05, 4.69) is 36.2 Å². The summed E-state index contributed by atoms with van der Waals surface area (Å²) in [6.45, 7) is 4.58. The number of benzene rings is 1. The van der Waals surface area contributed by atoms with Crippen molar-refractivity contribution < 1.29 is 22.0 Å². The molecule has 0 spiro atoms. The zero-order valence-corrected chi connectivity index (χ0v) is 15.4. The van der Waals surface area contributed by atoms with Crippen molar-refractivity contribution in [3.63, 3.8) is 0 Å². The van der Waals surface area contributed by atoms with E-state index < -0.39 is 29.1 Å². The molecule has 1 aliphatic heterocycles. The SMILES string of the molecule is CCCCCCCCCN1C=CN(C)C1.Fc1cc(F)c(F)c(F)c1F. The van der Waals surface area contributed by atoms with Crippen LogP contribution >= 0.6 is 0 Å². The molecule has 0 atom stereocenters. The van der Waals surface area contributed by atoms with Gasteiger partial charge < -0.3 is 9.80 Å². The molecule has 0 aliphatic carbocycles. The van der Waals surface area contributed by atoms with Gasteiger partial charge in [-0.15, -0.1) is 0 Å². The monoisotopic (exact) mass is 378 g/mol. The molecule has 148 valence electrons. The van der Waals surface area contributed by atoms with Crippen molar-refractivity contribution in [2.45, 2.75) is 51.9 Å². The van der Waals surface area contributed by atoms with E-state index in [9.17, 15) is 22.0 Å². The van der Waals surface area contributed by atoms with E-state index in [1.807, 2.05) is 0 Å². The Balaban J connectivity index is 0.000000273. The molecule has 0 saturated heterocycles. The third kappa shape index (κ3) is 7.62. The lowest BCUT2D eigenvalue weighted by atomic mass is 10.1. The van der Waals surface area contributed by atoms with Gasteiger partial charge in [0.1, 0.15) is 0 Å². The Hall–Kier alpha value is -1.79. The summed E-state index contributed by atoms with van der Waals surface area (Å²) in [5.74, 6) is -9.65. The molecule has 0 radical (unpaired) electrons. The average Bonchev–Trinajstić information content (AvgIpc) is 3.03. The van der Waals surface area contributed by atoms with Crippen LogP contribution in [0.5, 0.6) is 0 Å². The Morgan fingerprint density at radius 2 is 1.31 bits per heavy atom. The molecule has 1 aromatic rings. The van der Waals surface area contributed by atoms with Crippen molar-refractivity contribution in [2.24, 2.45) is 0 Å². The van der Waals surface area contributed by atoms with Gasteiger partial charge >= 0.3 is 0 Å². The van der Waals surface area contributed by atoms with Crippen LogP contribution in [0.4, 0.5) is 22.0 Å². The standard InChI is InChI=1S/C13H26N2.C6HF5/c1-3-4-5-6-7-8-9-10-15-12-11-14(2)13-15;7-2-1-3(8)5(10)6(11)4(2)9/h11-12H,3-10,13H2,1-2H3;1H. The summed E-state index contributed by atoms with van der Waals surface area (Å²) < 4.78 is 60.0. The van der Waals surface area contributed by atoms with Crippen LogP contribution in [-0.4, -0.2) is 30.1 Å². The van der Waals surface area contributed by atoms with Crippen molar-refractivity contribution in [2.75, 3.05) is 20.3 Å². The Labute approximate surface area is 152 Å². The van der Waals surface area contributed by atoms with Gasteiger partial charge in [-0.2, -0.15) is 0 Å². The molecule has 0 aromatic heterocycles. The second-order valence-electron chi connectivity index (χ2n) is 6.41. The fourth-order valence-electron chi connectivity index (χ4n) is 2.55. The average molecular weight is 378 g/mol. The van der Waals surface area contributed by atoms with Crippen molar-refractivity contribution in [1.29, 1.82) is 0 Å². The zero-order chi connectivity index (χ0) is 19.5. The van der Waals surface area contributed by atoms with Gasteiger partial charge in [-0.1, -0.05) is 45.4 Å². The lowest BCUT2D eigenvalue weighted by Crippen LogP contribution is -2.23. The van der Waals surface area contributed by atoms with Gasteiger partial charge in [-0.25, -0.2) is 22.0 Å². The van der Waals surface area contributed by atoms with E-state index in [0.717, 1.165) is 6.67 Å². The number of rotatable bonds is 8. The number of hydrogen-bond donors (Lipinski definition) is 0. The predicted molar refractivity (Wildman–Crippen MR) is 92.7 cm³/mol. The fourth-order valence-corrected chi connectivity index (χ4v) is 2.55. The highest BCUT2D eigenvalue weighted by Crippen LogP contribution is 2.16. The van der Waals surface area contributed by atoms with Gasteiger partial charge in [0.2, 0.25) is 5.82 Å². The first-order valence-corrected chi connectivity index (χ1v) is 8.97. The van der Waals surface area contributed by atoms with E-state index in [1.165, 1.54) is 51.5 Å². The topological polar surface area (TPSA) is 6.48 Å². The van der Waals surface area contributed by atoms with Crippen molar-refractivity contribution >= 4 is 0 Å². The highest BCUT2D eigenvalue weighted by atomic mass is 19.2. The Kier molecular flexibility index (Phi) is 10.1. The fraction of sp³-hybridized carbons (Fsp3) is 0.579. The molecule has 2 rings (SSSR count). The molecule has 0 saturated carbocycles. The van der Waals surface area contributed by atoms with Gasteiger partial charge in [0.15, 0.2) is 23.3 Å². The highest BCUT2D eigenvalue weighted by molar-refractivity contribution is 5.12.